The Morgan fingerprint density at radius 3 is 2.02 bits per heavy atom. The molecule has 1 amide bonds. The number of pyridine rings is 1. The van der Waals surface area contributed by atoms with E-state index in [9.17, 15) is 14.4 Å². The lowest BCUT2D eigenvalue weighted by Crippen LogP contribution is -2.67. The topological polar surface area (TPSA) is 151 Å². The van der Waals surface area contributed by atoms with Gasteiger partial charge in [-0.3, -0.25) is 24.3 Å². The number of esters is 2. The first kappa shape index (κ1) is 41.1. The van der Waals surface area contributed by atoms with Gasteiger partial charge in [0.2, 0.25) is 11.4 Å². The van der Waals surface area contributed by atoms with Gasteiger partial charge in [0.1, 0.15) is 6.10 Å². The zero-order chi connectivity index (χ0) is 41.1. The van der Waals surface area contributed by atoms with Crippen LogP contribution in [0.4, 0.5) is 11.6 Å². The molecule has 1 aliphatic heterocycles. The zero-order valence-corrected chi connectivity index (χ0v) is 35.0. The lowest BCUT2D eigenvalue weighted by atomic mass is 10.1. The fourth-order valence-corrected chi connectivity index (χ4v) is 11.8. The molecule has 4 atom stereocenters. The smallest absolute Gasteiger partial charge is 0.361 e. The van der Waals surface area contributed by atoms with E-state index < -0.39 is 44.8 Å². The Hall–Kier alpha value is -5.51. The minimum Gasteiger partial charge on any atom is -0.456 e. The van der Waals surface area contributed by atoms with E-state index in [1.807, 2.05) is 68.0 Å². The summed E-state index contributed by atoms with van der Waals surface area (Å²) < 4.78 is 29.3. The van der Waals surface area contributed by atoms with E-state index in [0.717, 1.165) is 22.6 Å². The number of aromatic nitrogens is 5. The van der Waals surface area contributed by atoms with Crippen LogP contribution in [0.15, 0.2) is 91.5 Å². The fourth-order valence-electron chi connectivity index (χ4n) is 7.26. The summed E-state index contributed by atoms with van der Waals surface area (Å²) >= 11 is 0. The quantitative estimate of drug-likeness (QED) is 0.102. The predicted molar refractivity (Wildman–Crippen MR) is 218 cm³/mol. The first-order valence-corrected chi connectivity index (χ1v) is 21.1. The molecule has 0 bridgehead atoms. The van der Waals surface area contributed by atoms with Crippen LogP contribution in [0, 0.1) is 5.92 Å². The molecule has 0 radical (unpaired) electrons. The monoisotopic (exact) mass is 794 g/mol. The highest BCUT2D eigenvalue weighted by molar-refractivity contribution is 6.99. The summed E-state index contributed by atoms with van der Waals surface area (Å²) in [6.45, 7) is 15.5. The number of benzene rings is 2. The third-order valence-corrected chi connectivity index (χ3v) is 15.2. The number of ether oxygens (including phenoxy) is 3. The molecule has 1 N–H and O–H groups in total. The van der Waals surface area contributed by atoms with E-state index >= 15 is 0 Å². The first-order chi connectivity index (χ1) is 27.1. The highest BCUT2D eigenvalue weighted by Crippen LogP contribution is 2.40. The number of hydrogen-bond donors (Lipinski definition) is 1. The fraction of sp³-hybridized carbons (Fsp3) is 0.405. The Balaban J connectivity index is 1.47. The largest absolute Gasteiger partial charge is 0.456 e. The molecule has 1 aliphatic rings. The number of nitrogens with one attached hydrogen (secondary N) is 1. The van der Waals surface area contributed by atoms with Crippen molar-refractivity contribution in [1.82, 2.24) is 19.5 Å². The van der Waals surface area contributed by atoms with E-state index in [1.54, 1.807) is 23.0 Å². The molecule has 1 unspecified atom stereocenters. The maximum absolute atomic E-state index is 13.0. The highest BCUT2D eigenvalue weighted by atomic mass is 28.4. The molecule has 0 aliphatic carbocycles. The van der Waals surface area contributed by atoms with Gasteiger partial charge in [-0.05, 0) is 22.3 Å². The molecule has 5 aromatic rings. The SMILES string of the molecule is CCN(C)c1cc[n+](-c2nc(NC(=O)C(C)C)nc3c2ncn3[C@@H]2O[C@H](CO[Si](c3ccccc3)(c3ccccc3)C(C)(C)C)C(OC(C)=O)[C@@H]2OC(C)=O)cc1. The van der Waals surface area contributed by atoms with Gasteiger partial charge in [0.05, 0.1) is 25.3 Å². The summed E-state index contributed by atoms with van der Waals surface area (Å²) in [5.41, 5.74) is 1.68. The molecule has 2 aromatic carbocycles. The van der Waals surface area contributed by atoms with Crippen molar-refractivity contribution >= 4 is 59.3 Å². The Kier molecular flexibility index (Phi) is 12.2. The van der Waals surface area contributed by atoms with Crippen LogP contribution in [0.2, 0.25) is 5.04 Å². The van der Waals surface area contributed by atoms with Crippen molar-refractivity contribution in [1.29, 1.82) is 0 Å². The van der Waals surface area contributed by atoms with Crippen LogP contribution in [-0.4, -0.2) is 84.2 Å². The summed E-state index contributed by atoms with van der Waals surface area (Å²) in [7, 11) is -1.08. The van der Waals surface area contributed by atoms with Gasteiger partial charge in [0.15, 0.2) is 24.1 Å². The maximum atomic E-state index is 13.0. The third-order valence-electron chi connectivity index (χ3n) is 10.2. The van der Waals surface area contributed by atoms with Crippen LogP contribution in [0.5, 0.6) is 0 Å². The number of anilines is 2. The van der Waals surface area contributed by atoms with Crippen LogP contribution in [0.25, 0.3) is 17.0 Å². The normalized spacial score (nSPS) is 18.4. The summed E-state index contributed by atoms with van der Waals surface area (Å²) in [6, 6.07) is 24.2. The van der Waals surface area contributed by atoms with Crippen LogP contribution < -0.4 is 25.2 Å². The van der Waals surface area contributed by atoms with Gasteiger partial charge in [-0.15, -0.1) is 0 Å². The van der Waals surface area contributed by atoms with Gasteiger partial charge < -0.3 is 23.5 Å². The molecule has 6 rings (SSSR count). The number of nitrogens with zero attached hydrogens (tertiary/aromatic N) is 6. The van der Waals surface area contributed by atoms with Crippen LogP contribution >= 0.6 is 0 Å². The van der Waals surface area contributed by atoms with Crippen LogP contribution in [0.3, 0.4) is 0 Å². The minimum atomic E-state index is -3.08. The Labute approximate surface area is 334 Å². The second-order valence-corrected chi connectivity index (χ2v) is 19.8. The molecule has 0 spiro atoms. The van der Waals surface area contributed by atoms with Crippen LogP contribution in [-0.2, 0) is 33.0 Å². The lowest BCUT2D eigenvalue weighted by Gasteiger charge is -2.43. The number of amides is 1. The molecule has 3 aromatic heterocycles. The van der Waals surface area contributed by atoms with Crippen molar-refractivity contribution in [3.05, 3.63) is 91.5 Å². The number of imidazole rings is 1. The number of fused-ring (bicyclic) bond motifs is 1. The molecule has 57 heavy (non-hydrogen) atoms. The molecule has 0 saturated carbocycles. The highest BCUT2D eigenvalue weighted by Gasteiger charge is 2.55. The number of carbonyl (C=O) groups is 3. The molecular formula is C42H52N7O7Si+. The van der Waals surface area contributed by atoms with E-state index in [1.165, 1.54) is 20.2 Å². The number of carbonyl (C=O) groups excluding carboxylic acids is 3. The van der Waals surface area contributed by atoms with Crippen molar-refractivity contribution in [2.24, 2.45) is 5.92 Å². The molecule has 4 heterocycles. The van der Waals surface area contributed by atoms with Crippen molar-refractivity contribution in [2.45, 2.75) is 85.0 Å². The molecule has 15 heteroatoms. The summed E-state index contributed by atoms with van der Waals surface area (Å²) in [5.74, 6) is -1.36. The van der Waals surface area contributed by atoms with E-state index in [0.29, 0.717) is 17.0 Å². The second-order valence-electron chi connectivity index (χ2n) is 15.5. The summed E-state index contributed by atoms with van der Waals surface area (Å²) in [5, 5.41) is 4.59. The van der Waals surface area contributed by atoms with Crippen molar-refractivity contribution in [3.63, 3.8) is 0 Å². The Morgan fingerprint density at radius 1 is 0.912 bits per heavy atom. The van der Waals surface area contributed by atoms with Crippen LogP contribution in [0.1, 0.15) is 61.6 Å². The van der Waals surface area contributed by atoms with Gasteiger partial charge in [0.25, 0.3) is 8.32 Å². The van der Waals surface area contributed by atoms with Gasteiger partial charge in [-0.1, -0.05) is 95.3 Å². The summed E-state index contributed by atoms with van der Waals surface area (Å²) in [4.78, 5) is 54.8. The zero-order valence-electron chi connectivity index (χ0n) is 34.0. The van der Waals surface area contributed by atoms with E-state index in [4.69, 9.17) is 33.6 Å². The average Bonchev–Trinajstić information content (AvgIpc) is 3.74. The summed E-state index contributed by atoms with van der Waals surface area (Å²) in [6.07, 6.45) is 1.09. The Bertz CT molecular complexity index is 2150. The first-order valence-electron chi connectivity index (χ1n) is 19.2. The van der Waals surface area contributed by atoms with Gasteiger partial charge in [0, 0.05) is 56.2 Å². The molecule has 300 valence electrons. The van der Waals surface area contributed by atoms with Crippen molar-refractivity contribution < 1.29 is 37.6 Å². The average molecular weight is 795 g/mol. The van der Waals surface area contributed by atoms with Gasteiger partial charge in [-0.2, -0.15) is 4.98 Å². The second kappa shape index (κ2) is 16.9. The Morgan fingerprint density at radius 2 is 1.49 bits per heavy atom. The molecule has 1 saturated heterocycles. The molecule has 14 nitrogen and oxygen atoms in total. The van der Waals surface area contributed by atoms with Crippen molar-refractivity contribution in [3.8, 4) is 5.82 Å². The van der Waals surface area contributed by atoms with Gasteiger partial charge in [-0.25, -0.2) is 9.55 Å². The third kappa shape index (κ3) is 8.45. The molecular weight excluding hydrogens is 743 g/mol. The minimum absolute atomic E-state index is 0.00351. The lowest BCUT2D eigenvalue weighted by molar-refractivity contribution is -0.598. The number of hydrogen-bond acceptors (Lipinski definition) is 11. The molecule has 1 fully saturated rings. The van der Waals surface area contributed by atoms with Gasteiger partial charge >= 0.3 is 23.7 Å². The van der Waals surface area contributed by atoms with E-state index in [-0.39, 0.29) is 29.4 Å². The standard InChI is InChI=1S/C42H51N7O7Si/c1-10-47(9)30-21-23-48(24-22-30)37-34-38(45-41(44-37)46-39(52)27(2)3)49(26-43-34)40-36(55-29(5)51)35(54-28(4)50)33(56-40)25-53-57(42(6,7)8,31-17-13-11-14-18-31)32-19-15-12-16-20-32/h11-24,26-27,33,35-36,40H,10,25H2,1-9H3/p+1/t33-,35?,36+,40-/m1/s1. The number of rotatable bonds is 13. The van der Waals surface area contributed by atoms with Crippen molar-refractivity contribution in [2.75, 3.05) is 30.4 Å². The van der Waals surface area contributed by atoms with E-state index in [2.05, 4.69) is 62.2 Å². The predicted octanol–water partition coefficient (Wildman–Crippen LogP) is 4.49. The maximum Gasteiger partial charge on any atom is 0.361 e.